The maximum Gasteiger partial charge on any atom is 0.255 e. The number of amides is 3. The quantitative estimate of drug-likeness (QED) is 0.110. The number of aromatic nitrogens is 2. The van der Waals surface area contributed by atoms with E-state index in [1.54, 1.807) is 36.3 Å². The van der Waals surface area contributed by atoms with E-state index in [0.717, 1.165) is 88.1 Å². The highest BCUT2D eigenvalue weighted by Gasteiger charge is 2.40. The minimum atomic E-state index is -3.63. The summed E-state index contributed by atoms with van der Waals surface area (Å²) in [6.07, 6.45) is 5.96. The van der Waals surface area contributed by atoms with E-state index < -0.39 is 22.0 Å². The number of rotatable bonds is 16. The van der Waals surface area contributed by atoms with E-state index in [4.69, 9.17) is 25.8 Å². The van der Waals surface area contributed by atoms with E-state index >= 15 is 0 Å². The Morgan fingerprint density at radius 3 is 2.34 bits per heavy atom. The molecule has 4 N–H and O–H groups in total. The third-order valence-corrected chi connectivity index (χ3v) is 13.3. The minimum absolute atomic E-state index is 0.205. The first-order chi connectivity index (χ1) is 31.3. The van der Waals surface area contributed by atoms with Gasteiger partial charge in [-0.05, 0) is 61.6 Å². The maximum atomic E-state index is 13.2. The van der Waals surface area contributed by atoms with Crippen molar-refractivity contribution < 1.29 is 37.0 Å². The molecule has 3 amide bonds. The average Bonchev–Trinajstić information content (AvgIpc) is 3.63. The molecule has 4 aliphatic heterocycles. The van der Waals surface area contributed by atoms with Crippen LogP contribution in [0.25, 0.3) is 0 Å². The summed E-state index contributed by atoms with van der Waals surface area (Å²) in [6.45, 7) is 9.37. The summed E-state index contributed by atoms with van der Waals surface area (Å²) >= 11 is 6.52. The Kier molecular flexibility index (Phi) is 13.8. The topological polar surface area (TPSA) is 200 Å². The fourth-order valence-electron chi connectivity index (χ4n) is 9.12. The number of hydrogen-bond donors (Lipinski definition) is 4. The zero-order chi connectivity index (χ0) is 45.8. The lowest BCUT2D eigenvalue weighted by atomic mass is 9.99. The van der Waals surface area contributed by atoms with Gasteiger partial charge in [-0.2, -0.15) is 4.98 Å². The van der Waals surface area contributed by atoms with E-state index in [1.807, 2.05) is 12.1 Å². The summed E-state index contributed by atoms with van der Waals surface area (Å²) in [5.41, 5.74) is 4.93. The maximum absolute atomic E-state index is 13.2. The summed E-state index contributed by atoms with van der Waals surface area (Å²) in [5, 5.41) is 9.02. The van der Waals surface area contributed by atoms with Crippen LogP contribution in [-0.2, 0) is 32.6 Å². The minimum Gasteiger partial charge on any atom is -0.494 e. The lowest BCUT2D eigenvalue weighted by Crippen LogP contribution is -2.53. The Morgan fingerprint density at radius 2 is 1.63 bits per heavy atom. The van der Waals surface area contributed by atoms with Gasteiger partial charge >= 0.3 is 0 Å². The van der Waals surface area contributed by atoms with Gasteiger partial charge in [0.15, 0.2) is 5.82 Å². The molecule has 346 valence electrons. The van der Waals surface area contributed by atoms with Gasteiger partial charge in [-0.15, -0.1) is 0 Å². The van der Waals surface area contributed by atoms with Crippen molar-refractivity contribution in [2.24, 2.45) is 0 Å². The Bertz CT molecular complexity index is 2550. The number of fused-ring (bicyclic) bond motifs is 1. The molecule has 20 heteroatoms. The standard InChI is InChI=1S/C45H55ClN10O8S/c1-5-28-24-34(49-45-47-26-32(46)42(51-45)48-33-9-7-11-38(62-2)41(33)52-65(4,60)61)39(63-3)25-36(28)55-16-14-29(15-17-55)54-20-18-53(19-21-54)22-23-64-37-10-6-8-30-31(37)27-56(44(30)59)35-12-13-40(57)50-43(35)58/h6-11,24-26,29,35,52H,5,12-23,27H2,1-4H3,(H,50,57,58)(H2,47,48,49,51). The normalized spacial score (nSPS) is 18.6. The van der Waals surface area contributed by atoms with Crippen molar-refractivity contribution in [1.82, 2.24) is 30.0 Å². The number of piperidine rings is 2. The molecule has 3 aromatic carbocycles. The molecule has 0 radical (unpaired) electrons. The van der Waals surface area contributed by atoms with Gasteiger partial charge in [0, 0.05) is 81.2 Å². The largest absolute Gasteiger partial charge is 0.494 e. The van der Waals surface area contributed by atoms with Gasteiger partial charge in [-0.3, -0.25) is 34.2 Å². The van der Waals surface area contributed by atoms with Crippen molar-refractivity contribution in [1.29, 1.82) is 0 Å². The predicted molar refractivity (Wildman–Crippen MR) is 249 cm³/mol. The Balaban J connectivity index is 0.836. The number of para-hydroxylation sites is 1. The number of nitrogens with one attached hydrogen (secondary N) is 4. The lowest BCUT2D eigenvalue weighted by molar-refractivity contribution is -0.136. The number of aryl methyl sites for hydroxylation is 1. The first-order valence-corrected chi connectivity index (χ1v) is 24.1. The second kappa shape index (κ2) is 19.7. The zero-order valence-electron chi connectivity index (χ0n) is 37.0. The number of piperazine rings is 1. The number of carbonyl (C=O) groups is 3. The molecule has 1 aromatic heterocycles. The van der Waals surface area contributed by atoms with Crippen molar-refractivity contribution in [2.75, 3.05) is 93.2 Å². The van der Waals surface area contributed by atoms with Crippen LogP contribution in [0.4, 0.5) is 34.5 Å². The third-order valence-electron chi connectivity index (χ3n) is 12.5. The summed E-state index contributed by atoms with van der Waals surface area (Å²) in [6, 6.07) is 14.5. The van der Waals surface area contributed by atoms with Gasteiger partial charge in [-0.25, -0.2) is 13.4 Å². The highest BCUT2D eigenvalue weighted by molar-refractivity contribution is 7.92. The van der Waals surface area contributed by atoms with Gasteiger partial charge in [0.2, 0.25) is 27.8 Å². The molecule has 8 rings (SSSR count). The molecule has 18 nitrogen and oxygen atoms in total. The average molecular weight is 932 g/mol. The summed E-state index contributed by atoms with van der Waals surface area (Å²) in [4.78, 5) is 55.5. The lowest BCUT2D eigenvalue weighted by Gasteiger charge is -2.43. The number of halogens is 1. The van der Waals surface area contributed by atoms with Crippen LogP contribution in [-0.4, -0.2) is 136 Å². The van der Waals surface area contributed by atoms with Gasteiger partial charge in [0.1, 0.15) is 40.6 Å². The van der Waals surface area contributed by atoms with E-state index in [-0.39, 0.29) is 47.3 Å². The van der Waals surface area contributed by atoms with Gasteiger partial charge in [0.05, 0.1) is 44.6 Å². The Morgan fingerprint density at radius 1 is 0.892 bits per heavy atom. The van der Waals surface area contributed by atoms with Crippen molar-refractivity contribution >= 4 is 73.9 Å². The molecule has 65 heavy (non-hydrogen) atoms. The Hall–Kier alpha value is -5.89. The van der Waals surface area contributed by atoms with Crippen molar-refractivity contribution in [3.8, 4) is 17.2 Å². The van der Waals surface area contributed by atoms with E-state index in [0.29, 0.717) is 53.3 Å². The van der Waals surface area contributed by atoms with Crippen LogP contribution in [0.5, 0.6) is 17.2 Å². The smallest absolute Gasteiger partial charge is 0.255 e. The van der Waals surface area contributed by atoms with Crippen molar-refractivity contribution in [2.45, 2.75) is 57.7 Å². The number of benzene rings is 3. The van der Waals surface area contributed by atoms with Crippen LogP contribution in [0, 0.1) is 0 Å². The van der Waals surface area contributed by atoms with Crippen LogP contribution in [0.1, 0.15) is 54.1 Å². The van der Waals surface area contributed by atoms with E-state index in [2.05, 4.69) is 64.4 Å². The van der Waals surface area contributed by atoms with Crippen LogP contribution < -0.4 is 39.8 Å². The van der Waals surface area contributed by atoms with Crippen molar-refractivity contribution in [3.05, 3.63) is 76.4 Å². The molecule has 0 saturated carbocycles. The summed E-state index contributed by atoms with van der Waals surface area (Å²) in [7, 11) is -0.539. The fourth-order valence-corrected chi connectivity index (χ4v) is 9.84. The zero-order valence-corrected chi connectivity index (χ0v) is 38.6. The molecule has 4 aliphatic rings. The number of sulfonamides is 1. The molecule has 1 unspecified atom stereocenters. The molecule has 0 bridgehead atoms. The SMILES string of the molecule is CCc1cc(Nc2ncc(Cl)c(Nc3cccc(OC)c3NS(C)(=O)=O)n2)c(OC)cc1N1CCC(N2CCN(CCOc3cccc4c3CN(C3CCC(=O)NC3=O)C4=O)CC2)CC1. The number of nitrogens with zero attached hydrogens (tertiary/aromatic N) is 6. The molecule has 4 aromatic rings. The number of anilines is 6. The molecular weight excluding hydrogens is 876 g/mol. The predicted octanol–water partition coefficient (Wildman–Crippen LogP) is 4.99. The summed E-state index contributed by atoms with van der Waals surface area (Å²) in [5.74, 6) is 1.21. The molecule has 3 saturated heterocycles. The number of hydrogen-bond acceptors (Lipinski definition) is 15. The Labute approximate surface area is 384 Å². The molecule has 5 heterocycles. The van der Waals surface area contributed by atoms with Crippen molar-refractivity contribution in [3.63, 3.8) is 0 Å². The summed E-state index contributed by atoms with van der Waals surface area (Å²) < 4.78 is 44.4. The molecular formula is C45H55ClN10O8S. The molecule has 0 spiro atoms. The van der Waals surface area contributed by atoms with Crippen LogP contribution in [0.15, 0.2) is 54.7 Å². The fraction of sp³-hybridized carbons (Fsp3) is 0.444. The number of methoxy groups -OCH3 is 2. The van der Waals surface area contributed by atoms with Crippen LogP contribution >= 0.6 is 11.6 Å². The molecule has 0 aliphatic carbocycles. The second-order valence-electron chi connectivity index (χ2n) is 16.6. The van der Waals surface area contributed by atoms with Crippen LogP contribution in [0.2, 0.25) is 5.02 Å². The molecule has 3 fully saturated rings. The highest BCUT2D eigenvalue weighted by atomic mass is 35.5. The van der Waals surface area contributed by atoms with Gasteiger partial charge < -0.3 is 34.6 Å². The monoisotopic (exact) mass is 930 g/mol. The number of ether oxygens (including phenoxy) is 3. The molecule has 1 atom stereocenters. The first-order valence-electron chi connectivity index (χ1n) is 21.8. The van der Waals surface area contributed by atoms with E-state index in [1.165, 1.54) is 13.3 Å². The first kappa shape index (κ1) is 45.7. The number of imide groups is 1. The van der Waals surface area contributed by atoms with Gasteiger partial charge in [-0.1, -0.05) is 30.7 Å². The number of carbonyl (C=O) groups excluding carboxylic acids is 3. The third kappa shape index (κ3) is 10.3. The van der Waals surface area contributed by atoms with E-state index in [9.17, 15) is 22.8 Å². The van der Waals surface area contributed by atoms with Gasteiger partial charge in [0.25, 0.3) is 5.91 Å². The van der Waals surface area contributed by atoms with Crippen LogP contribution in [0.3, 0.4) is 0 Å². The highest BCUT2D eigenvalue weighted by Crippen LogP contribution is 2.39. The second-order valence-corrected chi connectivity index (χ2v) is 18.7.